The zero-order valence-electron chi connectivity index (χ0n) is 10.3. The third kappa shape index (κ3) is 2.11. The molecule has 1 aromatic heterocycles. The van der Waals surface area contributed by atoms with Crippen LogP contribution in [-0.2, 0) is 0 Å². The van der Waals surface area contributed by atoms with E-state index in [1.54, 1.807) is 0 Å². The molecule has 0 radical (unpaired) electrons. The van der Waals surface area contributed by atoms with E-state index < -0.39 is 0 Å². The van der Waals surface area contributed by atoms with E-state index in [9.17, 15) is 0 Å². The largest absolute Gasteiger partial charge is 0.396 e. The van der Waals surface area contributed by atoms with Gasteiger partial charge in [0.2, 0.25) is 0 Å². The van der Waals surface area contributed by atoms with E-state index in [0.29, 0.717) is 0 Å². The van der Waals surface area contributed by atoms with Gasteiger partial charge in [-0.3, -0.25) is 0 Å². The second-order valence-corrected chi connectivity index (χ2v) is 5.46. The van der Waals surface area contributed by atoms with Crippen molar-refractivity contribution >= 4 is 11.5 Å². The maximum absolute atomic E-state index is 6.02. The molecule has 2 fully saturated rings. The van der Waals surface area contributed by atoms with Gasteiger partial charge in [-0.15, -0.1) is 0 Å². The minimum Gasteiger partial charge on any atom is -0.396 e. The zero-order valence-corrected chi connectivity index (χ0v) is 10.3. The van der Waals surface area contributed by atoms with Crippen molar-refractivity contribution in [2.45, 2.75) is 32.1 Å². The number of hydrogen-bond donors (Lipinski definition) is 1. The first-order chi connectivity index (χ1) is 8.34. The van der Waals surface area contributed by atoms with Gasteiger partial charge >= 0.3 is 0 Å². The maximum Gasteiger partial charge on any atom is 0.151 e. The van der Waals surface area contributed by atoms with E-state index in [2.05, 4.69) is 9.88 Å². The Labute approximate surface area is 103 Å². The van der Waals surface area contributed by atoms with Gasteiger partial charge in [-0.05, 0) is 36.8 Å². The Morgan fingerprint density at radius 2 is 2.00 bits per heavy atom. The second-order valence-electron chi connectivity index (χ2n) is 5.46. The second kappa shape index (κ2) is 4.55. The molecule has 2 heterocycles. The number of anilines is 2. The zero-order chi connectivity index (χ0) is 11.7. The van der Waals surface area contributed by atoms with Gasteiger partial charge in [0.1, 0.15) is 0 Å². The Kier molecular flexibility index (Phi) is 2.91. The molecule has 2 unspecified atom stereocenters. The molecule has 2 aliphatic rings. The van der Waals surface area contributed by atoms with Crippen LogP contribution in [0.2, 0.25) is 0 Å². The van der Waals surface area contributed by atoms with Crippen molar-refractivity contribution in [2.24, 2.45) is 11.8 Å². The standard InChI is InChI=1S/C14H21N3/c15-13-6-3-8-16-14(13)17-9-7-11-4-1-2-5-12(11)10-17/h3,6,8,11-12H,1-2,4-5,7,9-10,15H2. The quantitative estimate of drug-likeness (QED) is 0.808. The molecular formula is C14H21N3. The fourth-order valence-electron chi connectivity index (χ4n) is 3.47. The minimum atomic E-state index is 0.821. The van der Waals surface area contributed by atoms with Crippen molar-refractivity contribution in [3.05, 3.63) is 18.3 Å². The average Bonchev–Trinajstić information content (AvgIpc) is 2.39. The van der Waals surface area contributed by atoms with Crippen LogP contribution in [0.5, 0.6) is 0 Å². The van der Waals surface area contributed by atoms with Crippen molar-refractivity contribution in [3.8, 4) is 0 Å². The summed E-state index contributed by atoms with van der Waals surface area (Å²) in [6.45, 7) is 2.29. The molecule has 0 spiro atoms. The number of nitrogens with two attached hydrogens (primary N) is 1. The lowest BCUT2D eigenvalue weighted by Gasteiger charge is -2.42. The van der Waals surface area contributed by atoms with E-state index >= 15 is 0 Å². The summed E-state index contributed by atoms with van der Waals surface area (Å²) in [5, 5.41) is 0. The van der Waals surface area contributed by atoms with Crippen molar-refractivity contribution in [2.75, 3.05) is 23.7 Å². The summed E-state index contributed by atoms with van der Waals surface area (Å²) in [5.41, 5.74) is 6.84. The van der Waals surface area contributed by atoms with Crippen LogP contribution in [0.4, 0.5) is 11.5 Å². The summed E-state index contributed by atoms with van der Waals surface area (Å²) in [4.78, 5) is 6.83. The molecule has 3 heteroatoms. The summed E-state index contributed by atoms with van der Waals surface area (Å²) in [6.07, 6.45) is 8.85. The van der Waals surface area contributed by atoms with Crippen LogP contribution in [0.25, 0.3) is 0 Å². The van der Waals surface area contributed by atoms with Gasteiger partial charge in [0.25, 0.3) is 0 Å². The SMILES string of the molecule is Nc1cccnc1N1CCC2CCCCC2C1. The number of pyridine rings is 1. The van der Waals surface area contributed by atoms with Crippen LogP contribution in [0.3, 0.4) is 0 Å². The van der Waals surface area contributed by atoms with Gasteiger partial charge in [0.15, 0.2) is 5.82 Å². The van der Waals surface area contributed by atoms with E-state index in [0.717, 1.165) is 36.4 Å². The van der Waals surface area contributed by atoms with Crippen LogP contribution < -0.4 is 10.6 Å². The van der Waals surface area contributed by atoms with Gasteiger partial charge in [-0.2, -0.15) is 0 Å². The molecule has 2 N–H and O–H groups in total. The Balaban J connectivity index is 1.76. The predicted molar refractivity (Wildman–Crippen MR) is 70.9 cm³/mol. The molecule has 1 aliphatic heterocycles. The van der Waals surface area contributed by atoms with Gasteiger partial charge in [0.05, 0.1) is 5.69 Å². The molecule has 3 rings (SSSR count). The molecule has 2 atom stereocenters. The van der Waals surface area contributed by atoms with Crippen molar-refractivity contribution in [3.63, 3.8) is 0 Å². The van der Waals surface area contributed by atoms with Crippen molar-refractivity contribution in [1.82, 2.24) is 4.98 Å². The number of hydrogen-bond acceptors (Lipinski definition) is 3. The number of nitrogens with zero attached hydrogens (tertiary/aromatic N) is 2. The van der Waals surface area contributed by atoms with Gasteiger partial charge in [-0.25, -0.2) is 4.98 Å². The minimum absolute atomic E-state index is 0.821. The molecule has 92 valence electrons. The fourth-order valence-corrected chi connectivity index (χ4v) is 3.47. The molecule has 0 bridgehead atoms. The topological polar surface area (TPSA) is 42.1 Å². The third-order valence-electron chi connectivity index (χ3n) is 4.41. The molecule has 3 nitrogen and oxygen atoms in total. The van der Waals surface area contributed by atoms with E-state index in [1.807, 2.05) is 18.3 Å². The van der Waals surface area contributed by atoms with Crippen LogP contribution >= 0.6 is 0 Å². The van der Waals surface area contributed by atoms with Gasteiger partial charge < -0.3 is 10.6 Å². The van der Waals surface area contributed by atoms with E-state index in [1.165, 1.54) is 32.1 Å². The Bertz CT molecular complexity index is 391. The first-order valence-electron chi connectivity index (χ1n) is 6.80. The van der Waals surface area contributed by atoms with Crippen LogP contribution in [0.15, 0.2) is 18.3 Å². The number of fused-ring (bicyclic) bond motifs is 1. The Hall–Kier alpha value is -1.25. The Morgan fingerprint density at radius 3 is 2.82 bits per heavy atom. The Morgan fingerprint density at radius 1 is 1.18 bits per heavy atom. The lowest BCUT2D eigenvalue weighted by atomic mass is 9.75. The number of rotatable bonds is 1. The lowest BCUT2D eigenvalue weighted by Crippen LogP contribution is -2.42. The lowest BCUT2D eigenvalue weighted by molar-refractivity contribution is 0.202. The third-order valence-corrected chi connectivity index (χ3v) is 4.41. The van der Waals surface area contributed by atoms with Crippen molar-refractivity contribution in [1.29, 1.82) is 0 Å². The summed E-state index contributed by atoms with van der Waals surface area (Å²) in [7, 11) is 0. The maximum atomic E-state index is 6.02. The highest BCUT2D eigenvalue weighted by atomic mass is 15.2. The highest BCUT2D eigenvalue weighted by Crippen LogP contribution is 2.37. The van der Waals surface area contributed by atoms with Gasteiger partial charge in [0, 0.05) is 19.3 Å². The summed E-state index contributed by atoms with van der Waals surface area (Å²) < 4.78 is 0. The molecule has 1 aromatic rings. The molecule has 1 saturated heterocycles. The summed E-state index contributed by atoms with van der Waals surface area (Å²) in [6, 6.07) is 3.86. The molecule has 1 aliphatic carbocycles. The summed E-state index contributed by atoms with van der Waals surface area (Å²) in [5.74, 6) is 2.83. The summed E-state index contributed by atoms with van der Waals surface area (Å²) >= 11 is 0. The molecule has 0 aromatic carbocycles. The highest BCUT2D eigenvalue weighted by molar-refractivity contribution is 5.62. The fraction of sp³-hybridized carbons (Fsp3) is 0.643. The highest BCUT2D eigenvalue weighted by Gasteiger charge is 2.31. The predicted octanol–water partition coefficient (Wildman–Crippen LogP) is 2.68. The normalized spacial score (nSPS) is 28.8. The smallest absolute Gasteiger partial charge is 0.151 e. The number of aromatic nitrogens is 1. The molecule has 0 amide bonds. The molecular weight excluding hydrogens is 210 g/mol. The molecule has 17 heavy (non-hydrogen) atoms. The first-order valence-corrected chi connectivity index (χ1v) is 6.80. The van der Waals surface area contributed by atoms with Crippen molar-refractivity contribution < 1.29 is 0 Å². The van der Waals surface area contributed by atoms with Crippen LogP contribution in [0.1, 0.15) is 32.1 Å². The average molecular weight is 231 g/mol. The van der Waals surface area contributed by atoms with E-state index in [4.69, 9.17) is 5.73 Å². The first kappa shape index (κ1) is 10.9. The monoisotopic (exact) mass is 231 g/mol. The van der Waals surface area contributed by atoms with Crippen LogP contribution in [-0.4, -0.2) is 18.1 Å². The van der Waals surface area contributed by atoms with E-state index in [-0.39, 0.29) is 0 Å². The van der Waals surface area contributed by atoms with Crippen LogP contribution in [0, 0.1) is 11.8 Å². The van der Waals surface area contributed by atoms with Gasteiger partial charge in [-0.1, -0.05) is 19.3 Å². The number of nitrogen functional groups attached to an aromatic ring is 1. The molecule has 1 saturated carbocycles. The number of piperidine rings is 1.